The number of hydrogen-bond acceptors (Lipinski definition) is 6. The summed E-state index contributed by atoms with van der Waals surface area (Å²) in [5.41, 5.74) is 0.554. The van der Waals surface area contributed by atoms with Gasteiger partial charge in [0.25, 0.3) is 15.9 Å². The van der Waals surface area contributed by atoms with Crippen molar-refractivity contribution in [1.29, 1.82) is 5.26 Å². The number of nitriles is 1. The van der Waals surface area contributed by atoms with Gasteiger partial charge in [-0.25, -0.2) is 13.2 Å². The molecule has 0 spiro atoms. The van der Waals surface area contributed by atoms with Gasteiger partial charge in [0.2, 0.25) is 0 Å². The Balaban J connectivity index is 0.00000352. The van der Waals surface area contributed by atoms with Crippen molar-refractivity contribution in [3.05, 3.63) is 95.4 Å². The van der Waals surface area contributed by atoms with E-state index in [1.54, 1.807) is 32.9 Å². The second-order valence-electron chi connectivity index (χ2n) is 7.74. The fourth-order valence-corrected chi connectivity index (χ4v) is 4.68. The summed E-state index contributed by atoms with van der Waals surface area (Å²) in [6.07, 6.45) is 4.67. The number of carboxylic acid groups (broad SMARTS) is 1. The molecular formula is C28H33N3O6S. The van der Waals surface area contributed by atoms with Crippen LogP contribution < -0.4 is 5.32 Å². The molecule has 0 radical (unpaired) electrons. The van der Waals surface area contributed by atoms with Gasteiger partial charge in [0.05, 0.1) is 46.7 Å². The lowest BCUT2D eigenvalue weighted by Crippen LogP contribution is -2.35. The molecule has 38 heavy (non-hydrogen) atoms. The van der Waals surface area contributed by atoms with Crippen LogP contribution in [0, 0.1) is 11.3 Å². The molecule has 0 heterocycles. The summed E-state index contributed by atoms with van der Waals surface area (Å²) in [6.45, 7) is 12.9. The second-order valence-corrected chi connectivity index (χ2v) is 9.59. The van der Waals surface area contributed by atoms with Gasteiger partial charge >= 0.3 is 5.97 Å². The van der Waals surface area contributed by atoms with Gasteiger partial charge in [-0.3, -0.25) is 9.10 Å². The molecule has 1 atom stereocenters. The van der Waals surface area contributed by atoms with Gasteiger partial charge < -0.3 is 15.2 Å². The smallest absolute Gasteiger partial charge is 0.337 e. The molecule has 2 N–H and O–H groups in total. The van der Waals surface area contributed by atoms with Crippen molar-refractivity contribution in [2.75, 3.05) is 12.4 Å². The standard InChI is InChI=1S/C26H27N3O6S.C2H6/c1-6-29(19(4)17(2)10-11-18(3)35-5)36(33,34)22-9-7-8-21(15-22)25(30)28-24-13-12-20(16-27)14-23(24)26(31)32;1-2/h6-15,19H,1H2,2-5H3,(H,28,30)(H,31,32);1-2H3/b17-10+,18-11+;. The van der Waals surface area contributed by atoms with E-state index >= 15 is 0 Å². The first-order valence-electron chi connectivity index (χ1n) is 11.7. The molecule has 10 heteroatoms. The SMILES string of the molecule is C=CN(C(C)/C(C)=C/C=C(\C)OC)S(=O)(=O)c1cccc(C(=O)Nc2ccc(C#N)cc2C(=O)O)c1.CC. The van der Waals surface area contributed by atoms with E-state index in [1.165, 1.54) is 49.7 Å². The monoisotopic (exact) mass is 539 g/mol. The van der Waals surface area contributed by atoms with Crippen LogP contribution in [-0.4, -0.2) is 42.9 Å². The van der Waals surface area contributed by atoms with Gasteiger partial charge in [-0.05, 0) is 68.8 Å². The number of amides is 1. The van der Waals surface area contributed by atoms with Gasteiger partial charge in [-0.15, -0.1) is 0 Å². The third-order valence-electron chi connectivity index (χ3n) is 5.42. The summed E-state index contributed by atoms with van der Waals surface area (Å²) < 4.78 is 33.0. The number of carbonyl (C=O) groups is 2. The molecule has 2 aromatic rings. The maximum absolute atomic E-state index is 13.4. The Hall–Kier alpha value is -4.36. The highest BCUT2D eigenvalue weighted by Gasteiger charge is 2.27. The van der Waals surface area contributed by atoms with E-state index in [0.29, 0.717) is 5.76 Å². The van der Waals surface area contributed by atoms with Crippen LogP contribution in [0.3, 0.4) is 0 Å². The number of allylic oxidation sites excluding steroid dienone is 3. The van der Waals surface area contributed by atoms with Crippen LogP contribution in [0.15, 0.2) is 83.6 Å². The number of aromatic carboxylic acids is 1. The minimum atomic E-state index is -4.09. The normalized spacial score (nSPS) is 12.2. The molecule has 0 aliphatic rings. The van der Waals surface area contributed by atoms with E-state index in [-0.39, 0.29) is 27.3 Å². The van der Waals surface area contributed by atoms with Crippen molar-refractivity contribution < 1.29 is 27.9 Å². The van der Waals surface area contributed by atoms with Crippen LogP contribution in [-0.2, 0) is 14.8 Å². The molecule has 1 unspecified atom stereocenters. The highest BCUT2D eigenvalue weighted by Crippen LogP contribution is 2.24. The average Bonchev–Trinajstić information content (AvgIpc) is 2.92. The summed E-state index contributed by atoms with van der Waals surface area (Å²) in [4.78, 5) is 24.3. The summed E-state index contributed by atoms with van der Waals surface area (Å²) in [5.74, 6) is -1.39. The molecule has 9 nitrogen and oxygen atoms in total. The first-order valence-corrected chi connectivity index (χ1v) is 13.1. The van der Waals surface area contributed by atoms with Crippen LogP contribution in [0.2, 0.25) is 0 Å². The van der Waals surface area contributed by atoms with Crippen molar-refractivity contribution in [2.24, 2.45) is 0 Å². The van der Waals surface area contributed by atoms with Gasteiger partial charge in [-0.2, -0.15) is 5.26 Å². The predicted octanol–water partition coefficient (Wildman–Crippen LogP) is 5.55. The zero-order valence-electron chi connectivity index (χ0n) is 22.3. The van der Waals surface area contributed by atoms with E-state index < -0.39 is 27.9 Å². The van der Waals surface area contributed by atoms with Crippen molar-refractivity contribution in [2.45, 2.75) is 45.6 Å². The average molecular weight is 540 g/mol. The second kappa shape index (κ2) is 14.4. The molecule has 2 aromatic carbocycles. The number of nitrogens with one attached hydrogen (secondary N) is 1. The van der Waals surface area contributed by atoms with Crippen molar-refractivity contribution in [1.82, 2.24) is 4.31 Å². The van der Waals surface area contributed by atoms with Gasteiger partial charge in [0, 0.05) is 11.8 Å². The molecule has 0 fully saturated rings. The lowest BCUT2D eigenvalue weighted by molar-refractivity contribution is 0.0698. The molecule has 1 amide bonds. The highest BCUT2D eigenvalue weighted by molar-refractivity contribution is 7.89. The largest absolute Gasteiger partial charge is 0.501 e. The minimum Gasteiger partial charge on any atom is -0.501 e. The third-order valence-corrected chi connectivity index (χ3v) is 7.29. The van der Waals surface area contributed by atoms with E-state index in [2.05, 4.69) is 11.9 Å². The number of anilines is 1. The molecule has 202 valence electrons. The highest BCUT2D eigenvalue weighted by atomic mass is 32.2. The molecule has 2 rings (SSSR count). The number of sulfonamides is 1. The summed E-state index contributed by atoms with van der Waals surface area (Å²) in [6, 6.07) is 10.4. The van der Waals surface area contributed by atoms with Crippen molar-refractivity contribution in [3.63, 3.8) is 0 Å². The molecule has 0 saturated carbocycles. The molecular weight excluding hydrogens is 506 g/mol. The number of rotatable bonds is 10. The van der Waals surface area contributed by atoms with Crippen molar-refractivity contribution in [3.8, 4) is 6.07 Å². The Kier molecular flexibility index (Phi) is 12.0. The van der Waals surface area contributed by atoms with E-state index in [1.807, 2.05) is 19.9 Å². The predicted molar refractivity (Wildman–Crippen MR) is 147 cm³/mol. The zero-order chi connectivity index (χ0) is 29.0. The number of carboxylic acids is 1. The molecule has 0 saturated heterocycles. The quantitative estimate of drug-likeness (QED) is 0.298. The maximum Gasteiger partial charge on any atom is 0.337 e. The van der Waals surface area contributed by atoms with Crippen LogP contribution in [0.5, 0.6) is 0 Å². The minimum absolute atomic E-state index is 0.000597. The van der Waals surface area contributed by atoms with Crippen LogP contribution in [0.4, 0.5) is 5.69 Å². The summed E-state index contributed by atoms with van der Waals surface area (Å²) in [7, 11) is -2.55. The number of ether oxygens (including phenoxy) is 1. The summed E-state index contributed by atoms with van der Waals surface area (Å²) in [5, 5.41) is 20.9. The van der Waals surface area contributed by atoms with Crippen LogP contribution in [0.1, 0.15) is 60.9 Å². The Labute approximate surface area is 224 Å². The number of benzene rings is 2. The number of nitrogens with zero attached hydrogens (tertiary/aromatic N) is 2. The van der Waals surface area contributed by atoms with Crippen LogP contribution >= 0.6 is 0 Å². The molecule has 0 bridgehead atoms. The van der Waals surface area contributed by atoms with Gasteiger partial charge in [0.15, 0.2) is 0 Å². The Morgan fingerprint density at radius 1 is 1.16 bits per heavy atom. The van der Waals surface area contributed by atoms with E-state index in [0.717, 1.165) is 15.9 Å². The lowest BCUT2D eigenvalue weighted by atomic mass is 10.1. The third kappa shape index (κ3) is 7.82. The molecule has 0 aliphatic carbocycles. The Morgan fingerprint density at radius 2 is 1.82 bits per heavy atom. The van der Waals surface area contributed by atoms with E-state index in [9.17, 15) is 23.1 Å². The zero-order valence-corrected chi connectivity index (χ0v) is 23.2. The fourth-order valence-electron chi connectivity index (χ4n) is 3.13. The topological polar surface area (TPSA) is 137 Å². The number of methoxy groups -OCH3 is 1. The Morgan fingerprint density at radius 3 is 2.37 bits per heavy atom. The number of hydrogen-bond donors (Lipinski definition) is 2. The molecule has 0 aromatic heterocycles. The number of carbonyl (C=O) groups excluding carboxylic acids is 1. The maximum atomic E-state index is 13.4. The lowest BCUT2D eigenvalue weighted by Gasteiger charge is -2.27. The summed E-state index contributed by atoms with van der Waals surface area (Å²) >= 11 is 0. The van der Waals surface area contributed by atoms with E-state index in [4.69, 9.17) is 10.00 Å². The fraction of sp³-hybridized carbons (Fsp3) is 0.250. The Bertz CT molecular complexity index is 1390. The first-order chi connectivity index (χ1) is 18.0. The first kappa shape index (κ1) is 31.7. The molecule has 0 aliphatic heterocycles. The van der Waals surface area contributed by atoms with Gasteiger partial charge in [0.1, 0.15) is 0 Å². The van der Waals surface area contributed by atoms with Crippen molar-refractivity contribution >= 4 is 27.6 Å². The van der Waals surface area contributed by atoms with Gasteiger partial charge in [-0.1, -0.05) is 32.6 Å². The van der Waals surface area contributed by atoms with Crippen LogP contribution in [0.25, 0.3) is 0 Å².